The van der Waals surface area contributed by atoms with Crippen LogP contribution in [0, 0.1) is 0 Å². The number of methoxy groups -OCH3 is 1. The molecule has 0 fully saturated rings. The van der Waals surface area contributed by atoms with Gasteiger partial charge in [0.2, 0.25) is 6.79 Å². The van der Waals surface area contributed by atoms with E-state index < -0.39 is 11.8 Å². The van der Waals surface area contributed by atoms with Crippen molar-refractivity contribution in [2.75, 3.05) is 26.3 Å². The first-order valence-electron chi connectivity index (χ1n) is 10.5. The molecule has 168 valence electrons. The molecule has 2 aliphatic rings. The van der Waals surface area contributed by atoms with Crippen LogP contribution in [0.15, 0.2) is 72.3 Å². The summed E-state index contributed by atoms with van der Waals surface area (Å²) in [7, 11) is 3.41. The van der Waals surface area contributed by atoms with Gasteiger partial charge in [0.15, 0.2) is 11.5 Å². The van der Waals surface area contributed by atoms with Crippen LogP contribution in [0.1, 0.15) is 16.7 Å². The van der Waals surface area contributed by atoms with E-state index in [0.717, 1.165) is 11.3 Å². The number of anilines is 1. The van der Waals surface area contributed by atoms with Gasteiger partial charge in [-0.1, -0.05) is 18.2 Å². The van der Waals surface area contributed by atoms with Gasteiger partial charge in [0.25, 0.3) is 5.79 Å². The molecule has 3 aromatic rings. The number of benzene rings is 3. The quantitative estimate of drug-likeness (QED) is 0.557. The lowest BCUT2D eigenvalue weighted by molar-refractivity contribution is -0.185. The third-order valence-electron chi connectivity index (χ3n) is 5.89. The van der Waals surface area contributed by atoms with Crippen LogP contribution in [0.25, 0.3) is 5.57 Å². The van der Waals surface area contributed by atoms with Crippen molar-refractivity contribution >= 4 is 17.2 Å². The number of nitrogens with one attached hydrogen (secondary N) is 1. The molecule has 5 rings (SSSR count). The molecule has 0 spiro atoms. The molecule has 2 N–H and O–H groups in total. The van der Waals surface area contributed by atoms with Gasteiger partial charge in [0.1, 0.15) is 5.75 Å². The lowest BCUT2D eigenvalue weighted by Crippen LogP contribution is -2.29. The number of ether oxygens (including phenoxy) is 4. The second-order valence-electron chi connectivity index (χ2n) is 7.81. The Hall–Kier alpha value is -3.97. The standard InChI is InChI=1S/C26H23NO6/c1-27-19-5-3-4-16(12-19)13-21-24(17-6-11-22-23(14-17)32-15-31-22)25(28)33-26(21,29)18-7-9-20(30-2)10-8-18/h3-12,14,27,29H,13,15H2,1-2H3. The fourth-order valence-electron chi connectivity index (χ4n) is 4.18. The van der Waals surface area contributed by atoms with E-state index in [4.69, 9.17) is 18.9 Å². The van der Waals surface area contributed by atoms with E-state index in [1.807, 2.05) is 31.3 Å². The van der Waals surface area contributed by atoms with Crippen molar-refractivity contribution in [3.05, 3.63) is 89.0 Å². The van der Waals surface area contributed by atoms with E-state index >= 15 is 0 Å². The monoisotopic (exact) mass is 445 g/mol. The van der Waals surface area contributed by atoms with Crippen LogP contribution in [-0.4, -0.2) is 32.0 Å². The second-order valence-corrected chi connectivity index (χ2v) is 7.81. The van der Waals surface area contributed by atoms with Gasteiger partial charge in [0.05, 0.1) is 12.7 Å². The van der Waals surface area contributed by atoms with Crippen LogP contribution < -0.4 is 19.5 Å². The van der Waals surface area contributed by atoms with Crippen LogP contribution in [0.3, 0.4) is 0 Å². The summed E-state index contributed by atoms with van der Waals surface area (Å²) in [6.07, 6.45) is 0.299. The van der Waals surface area contributed by atoms with E-state index in [1.54, 1.807) is 49.6 Å². The minimum Gasteiger partial charge on any atom is -0.497 e. The normalized spacial score (nSPS) is 18.9. The van der Waals surface area contributed by atoms with Crippen LogP contribution in [0.2, 0.25) is 0 Å². The predicted molar refractivity (Wildman–Crippen MR) is 122 cm³/mol. The third kappa shape index (κ3) is 3.66. The Morgan fingerprint density at radius 2 is 1.82 bits per heavy atom. The summed E-state index contributed by atoms with van der Waals surface area (Å²) in [6.45, 7) is 0.127. The summed E-state index contributed by atoms with van der Waals surface area (Å²) in [5, 5.41) is 14.9. The van der Waals surface area contributed by atoms with Gasteiger partial charge >= 0.3 is 5.97 Å². The summed E-state index contributed by atoms with van der Waals surface area (Å²) >= 11 is 0. The molecule has 7 nitrogen and oxygen atoms in total. The molecule has 1 atom stereocenters. The lowest BCUT2D eigenvalue weighted by Gasteiger charge is -2.26. The first-order valence-corrected chi connectivity index (χ1v) is 10.5. The van der Waals surface area contributed by atoms with Crippen LogP contribution >= 0.6 is 0 Å². The maximum absolute atomic E-state index is 13.2. The fourth-order valence-corrected chi connectivity index (χ4v) is 4.18. The zero-order chi connectivity index (χ0) is 23.0. The number of esters is 1. The lowest BCUT2D eigenvalue weighted by atomic mass is 9.88. The average molecular weight is 445 g/mol. The predicted octanol–water partition coefficient (Wildman–Crippen LogP) is 3.86. The molecule has 0 bridgehead atoms. The minimum absolute atomic E-state index is 0.127. The Morgan fingerprint density at radius 1 is 1.03 bits per heavy atom. The largest absolute Gasteiger partial charge is 0.497 e. The van der Waals surface area contributed by atoms with Gasteiger partial charge in [-0.2, -0.15) is 0 Å². The zero-order valence-corrected chi connectivity index (χ0v) is 18.3. The minimum atomic E-state index is -1.93. The molecule has 0 aromatic heterocycles. The smallest absolute Gasteiger partial charge is 0.342 e. The number of aliphatic hydroxyl groups is 1. The van der Waals surface area contributed by atoms with E-state index in [9.17, 15) is 9.90 Å². The topological polar surface area (TPSA) is 86.3 Å². The van der Waals surface area contributed by atoms with E-state index in [2.05, 4.69) is 5.32 Å². The molecule has 0 radical (unpaired) electrons. The van der Waals surface area contributed by atoms with E-state index in [0.29, 0.717) is 45.9 Å². The number of carbonyl (C=O) groups excluding carboxylic acids is 1. The van der Waals surface area contributed by atoms with Crippen molar-refractivity contribution in [1.29, 1.82) is 0 Å². The Labute approximate surface area is 191 Å². The van der Waals surface area contributed by atoms with Crippen molar-refractivity contribution in [2.24, 2.45) is 0 Å². The molecular weight excluding hydrogens is 422 g/mol. The van der Waals surface area contributed by atoms with Gasteiger partial charge in [-0.3, -0.25) is 0 Å². The van der Waals surface area contributed by atoms with Gasteiger partial charge in [-0.05, 0) is 59.7 Å². The summed E-state index contributed by atoms with van der Waals surface area (Å²) in [4.78, 5) is 13.2. The highest BCUT2D eigenvalue weighted by atomic mass is 16.7. The van der Waals surface area contributed by atoms with E-state index in [1.165, 1.54) is 0 Å². The average Bonchev–Trinajstić information content (AvgIpc) is 3.41. The van der Waals surface area contributed by atoms with Crippen molar-refractivity contribution in [2.45, 2.75) is 12.2 Å². The number of cyclic esters (lactones) is 1. The molecule has 2 aliphatic heterocycles. The molecule has 0 saturated heterocycles. The molecular formula is C26H23NO6. The molecule has 0 aliphatic carbocycles. The number of hydrogen-bond acceptors (Lipinski definition) is 7. The number of carbonyl (C=O) groups is 1. The Kier molecular flexibility index (Phi) is 5.18. The van der Waals surface area contributed by atoms with Crippen molar-refractivity contribution in [3.63, 3.8) is 0 Å². The first-order chi connectivity index (χ1) is 16.0. The highest BCUT2D eigenvalue weighted by Crippen LogP contribution is 2.46. The third-order valence-corrected chi connectivity index (χ3v) is 5.89. The molecule has 3 aromatic carbocycles. The second kappa shape index (κ2) is 8.18. The molecule has 7 heteroatoms. The van der Waals surface area contributed by atoms with Crippen LogP contribution in [0.5, 0.6) is 17.2 Å². The number of fused-ring (bicyclic) bond motifs is 1. The SMILES string of the molecule is CNc1cccc(CC2=C(c3ccc4c(c3)OCO4)C(=O)OC2(O)c2ccc(OC)cc2)c1. The maximum Gasteiger partial charge on any atom is 0.342 e. The van der Waals surface area contributed by atoms with Crippen molar-refractivity contribution < 1.29 is 28.8 Å². The Morgan fingerprint density at radius 3 is 2.58 bits per heavy atom. The summed E-state index contributed by atoms with van der Waals surface area (Å²) in [5.74, 6) is -0.740. The highest BCUT2D eigenvalue weighted by Gasteiger charge is 2.48. The summed E-state index contributed by atoms with van der Waals surface area (Å²) in [6, 6.07) is 19.9. The zero-order valence-electron chi connectivity index (χ0n) is 18.3. The van der Waals surface area contributed by atoms with Gasteiger partial charge in [-0.25, -0.2) is 4.79 Å². The van der Waals surface area contributed by atoms with Crippen molar-refractivity contribution in [1.82, 2.24) is 0 Å². The Balaban J connectivity index is 1.66. The van der Waals surface area contributed by atoms with Gasteiger partial charge in [0, 0.05) is 30.3 Å². The maximum atomic E-state index is 13.2. The summed E-state index contributed by atoms with van der Waals surface area (Å²) in [5.41, 5.74) is 3.63. The highest BCUT2D eigenvalue weighted by molar-refractivity contribution is 6.20. The molecule has 33 heavy (non-hydrogen) atoms. The number of rotatable bonds is 6. The van der Waals surface area contributed by atoms with Gasteiger partial charge in [-0.15, -0.1) is 0 Å². The van der Waals surface area contributed by atoms with Gasteiger partial charge < -0.3 is 29.4 Å². The molecule has 1 unspecified atom stereocenters. The molecule has 0 amide bonds. The van der Waals surface area contributed by atoms with E-state index in [-0.39, 0.29) is 6.79 Å². The van der Waals surface area contributed by atoms with Crippen LogP contribution in [0.4, 0.5) is 5.69 Å². The number of hydrogen-bond donors (Lipinski definition) is 2. The first kappa shape index (κ1) is 20.9. The fraction of sp³-hybridized carbons (Fsp3) is 0.192. The molecule has 2 heterocycles. The molecule has 0 saturated carbocycles. The Bertz CT molecular complexity index is 1250. The summed E-state index contributed by atoms with van der Waals surface area (Å²) < 4.78 is 21.8. The van der Waals surface area contributed by atoms with Crippen LogP contribution in [-0.2, 0) is 21.7 Å². The van der Waals surface area contributed by atoms with Crippen molar-refractivity contribution in [3.8, 4) is 17.2 Å².